The van der Waals surface area contributed by atoms with Crippen LogP contribution in [0.5, 0.6) is 5.75 Å². The molecule has 0 aliphatic rings. The fourth-order valence-electron chi connectivity index (χ4n) is 1.56. The summed E-state index contributed by atoms with van der Waals surface area (Å²) >= 11 is 1.34. The van der Waals surface area contributed by atoms with Crippen LogP contribution in [0.2, 0.25) is 0 Å². The number of ether oxygens (including phenoxy) is 2. The van der Waals surface area contributed by atoms with Crippen LogP contribution in [-0.4, -0.2) is 25.2 Å². The van der Waals surface area contributed by atoms with E-state index in [0.717, 1.165) is 10.6 Å². The number of hydrogen-bond donors (Lipinski definition) is 1. The zero-order chi connectivity index (χ0) is 14.5. The molecule has 2 rings (SSSR count). The van der Waals surface area contributed by atoms with Gasteiger partial charge in [0.05, 0.1) is 24.8 Å². The van der Waals surface area contributed by atoms with E-state index in [0.29, 0.717) is 10.7 Å². The molecule has 2 aromatic rings. The highest BCUT2D eigenvalue weighted by Gasteiger charge is 2.13. The highest BCUT2D eigenvalue weighted by Crippen LogP contribution is 2.36. The molecule has 0 unspecified atom stereocenters. The second-order valence-electron chi connectivity index (χ2n) is 3.84. The molecule has 1 heterocycles. The van der Waals surface area contributed by atoms with Crippen LogP contribution >= 0.6 is 11.8 Å². The molecule has 0 fully saturated rings. The summed E-state index contributed by atoms with van der Waals surface area (Å²) in [6.45, 7) is 0. The Morgan fingerprint density at radius 2 is 1.95 bits per heavy atom. The van der Waals surface area contributed by atoms with Gasteiger partial charge in [0.2, 0.25) is 0 Å². The molecule has 0 radical (unpaired) electrons. The van der Waals surface area contributed by atoms with Gasteiger partial charge in [-0.25, -0.2) is 9.78 Å². The lowest BCUT2D eigenvalue weighted by molar-refractivity contribution is 0.0593. The summed E-state index contributed by atoms with van der Waals surface area (Å²) in [7, 11) is 2.91. The number of anilines is 1. The van der Waals surface area contributed by atoms with Gasteiger partial charge in [0.25, 0.3) is 0 Å². The van der Waals surface area contributed by atoms with E-state index in [9.17, 15) is 4.79 Å². The highest BCUT2D eigenvalue weighted by atomic mass is 32.2. The Kier molecular flexibility index (Phi) is 4.47. The second-order valence-corrected chi connectivity index (χ2v) is 4.87. The van der Waals surface area contributed by atoms with Crippen LogP contribution in [-0.2, 0) is 4.74 Å². The number of nitrogens with zero attached hydrogens (tertiary/aromatic N) is 1. The number of nitrogens with two attached hydrogens (primary N) is 1. The maximum Gasteiger partial charge on any atom is 0.356 e. The van der Waals surface area contributed by atoms with Gasteiger partial charge in [0, 0.05) is 0 Å². The van der Waals surface area contributed by atoms with Crippen LogP contribution in [0.4, 0.5) is 5.69 Å². The normalized spacial score (nSPS) is 10.1. The molecular weight excluding hydrogens is 276 g/mol. The van der Waals surface area contributed by atoms with Gasteiger partial charge in [-0.2, -0.15) is 0 Å². The lowest BCUT2D eigenvalue weighted by Crippen LogP contribution is -2.06. The van der Waals surface area contributed by atoms with E-state index in [2.05, 4.69) is 9.72 Å². The molecule has 0 aliphatic carbocycles. The number of benzene rings is 1. The highest BCUT2D eigenvalue weighted by molar-refractivity contribution is 7.99. The average Bonchev–Trinajstić information content (AvgIpc) is 2.49. The molecule has 5 nitrogen and oxygen atoms in total. The Morgan fingerprint density at radius 3 is 2.65 bits per heavy atom. The van der Waals surface area contributed by atoms with E-state index in [4.69, 9.17) is 10.5 Å². The fourth-order valence-corrected chi connectivity index (χ4v) is 2.50. The third kappa shape index (κ3) is 3.03. The number of pyridine rings is 1. The summed E-state index contributed by atoms with van der Waals surface area (Å²) in [6, 6.07) is 10.7. The van der Waals surface area contributed by atoms with Crippen LogP contribution in [0.1, 0.15) is 10.5 Å². The lowest BCUT2D eigenvalue weighted by Gasteiger charge is -2.09. The molecule has 0 saturated carbocycles. The van der Waals surface area contributed by atoms with Crippen molar-refractivity contribution in [3.05, 3.63) is 42.1 Å². The predicted octanol–water partition coefficient (Wildman–Crippen LogP) is 2.61. The zero-order valence-corrected chi connectivity index (χ0v) is 11.9. The van der Waals surface area contributed by atoms with Crippen molar-refractivity contribution in [2.45, 2.75) is 9.92 Å². The summed E-state index contributed by atoms with van der Waals surface area (Å²) in [5, 5.41) is 0.539. The van der Waals surface area contributed by atoms with Crippen molar-refractivity contribution < 1.29 is 14.3 Å². The minimum Gasteiger partial charge on any atom is -0.496 e. The standard InChI is InChI=1S/C14H14N2O3S/c1-18-11-5-3-4-6-12(11)20-13-9(15)7-8-10(16-13)14(17)19-2/h3-8H,15H2,1-2H3. The molecular formula is C14H14N2O3S. The van der Waals surface area contributed by atoms with Gasteiger partial charge in [-0.1, -0.05) is 23.9 Å². The maximum atomic E-state index is 11.5. The SMILES string of the molecule is COC(=O)c1ccc(N)c(Sc2ccccc2OC)n1. The molecule has 0 bridgehead atoms. The number of methoxy groups -OCH3 is 2. The van der Waals surface area contributed by atoms with Crippen molar-refractivity contribution in [3.8, 4) is 5.75 Å². The molecule has 6 heteroatoms. The molecule has 1 aromatic carbocycles. The van der Waals surface area contributed by atoms with Crippen molar-refractivity contribution in [3.63, 3.8) is 0 Å². The van der Waals surface area contributed by atoms with Gasteiger partial charge in [-0.3, -0.25) is 0 Å². The van der Waals surface area contributed by atoms with E-state index in [1.54, 1.807) is 13.2 Å². The number of carbonyl (C=O) groups excluding carboxylic acids is 1. The van der Waals surface area contributed by atoms with Crippen LogP contribution in [0, 0.1) is 0 Å². The predicted molar refractivity (Wildman–Crippen MR) is 77.1 cm³/mol. The molecule has 104 valence electrons. The van der Waals surface area contributed by atoms with E-state index < -0.39 is 5.97 Å². The van der Waals surface area contributed by atoms with E-state index in [-0.39, 0.29) is 5.69 Å². The summed E-state index contributed by atoms with van der Waals surface area (Å²) in [5.41, 5.74) is 6.61. The topological polar surface area (TPSA) is 74.4 Å². The van der Waals surface area contributed by atoms with Gasteiger partial charge in [-0.15, -0.1) is 0 Å². The first-order valence-electron chi connectivity index (χ1n) is 5.81. The van der Waals surface area contributed by atoms with Gasteiger partial charge in [0.1, 0.15) is 16.5 Å². The molecule has 0 amide bonds. The third-order valence-electron chi connectivity index (χ3n) is 2.56. The van der Waals surface area contributed by atoms with Crippen molar-refractivity contribution in [2.24, 2.45) is 0 Å². The number of rotatable bonds is 4. The largest absolute Gasteiger partial charge is 0.496 e. The first-order valence-corrected chi connectivity index (χ1v) is 6.63. The summed E-state index contributed by atoms with van der Waals surface area (Å²) < 4.78 is 9.93. The van der Waals surface area contributed by atoms with Crippen LogP contribution in [0.3, 0.4) is 0 Å². The van der Waals surface area contributed by atoms with Crippen molar-refractivity contribution >= 4 is 23.4 Å². The van der Waals surface area contributed by atoms with Crippen molar-refractivity contribution in [1.82, 2.24) is 4.98 Å². The first-order chi connectivity index (χ1) is 9.65. The lowest BCUT2D eigenvalue weighted by atomic mass is 10.3. The third-order valence-corrected chi connectivity index (χ3v) is 3.64. The molecule has 0 atom stereocenters. The van der Waals surface area contributed by atoms with E-state index in [1.807, 2.05) is 24.3 Å². The first kappa shape index (κ1) is 14.2. The van der Waals surface area contributed by atoms with E-state index >= 15 is 0 Å². The number of para-hydroxylation sites is 1. The number of aromatic nitrogens is 1. The molecule has 0 aliphatic heterocycles. The van der Waals surface area contributed by atoms with Crippen LogP contribution in [0.15, 0.2) is 46.3 Å². The molecule has 1 aromatic heterocycles. The Labute approximate surface area is 121 Å². The smallest absolute Gasteiger partial charge is 0.356 e. The molecule has 2 N–H and O–H groups in total. The Morgan fingerprint density at radius 1 is 1.20 bits per heavy atom. The van der Waals surface area contributed by atoms with Gasteiger partial charge in [0.15, 0.2) is 0 Å². The van der Waals surface area contributed by atoms with Gasteiger partial charge in [-0.05, 0) is 24.3 Å². The van der Waals surface area contributed by atoms with Crippen LogP contribution < -0.4 is 10.5 Å². The molecule has 0 spiro atoms. The van der Waals surface area contributed by atoms with E-state index in [1.165, 1.54) is 24.9 Å². The second kappa shape index (κ2) is 6.29. The van der Waals surface area contributed by atoms with Crippen molar-refractivity contribution in [1.29, 1.82) is 0 Å². The Hall–Kier alpha value is -2.21. The minimum absolute atomic E-state index is 0.221. The van der Waals surface area contributed by atoms with Gasteiger partial charge < -0.3 is 15.2 Å². The summed E-state index contributed by atoms with van der Waals surface area (Å²) in [5.74, 6) is 0.231. The number of carbonyl (C=O) groups is 1. The Bertz CT molecular complexity index is 632. The average molecular weight is 290 g/mol. The number of hydrogen-bond acceptors (Lipinski definition) is 6. The molecule has 0 saturated heterocycles. The molecule has 20 heavy (non-hydrogen) atoms. The van der Waals surface area contributed by atoms with Crippen molar-refractivity contribution in [2.75, 3.05) is 20.0 Å². The maximum absolute atomic E-state index is 11.5. The number of nitrogen functional groups attached to an aromatic ring is 1. The fraction of sp³-hybridized carbons (Fsp3) is 0.143. The zero-order valence-electron chi connectivity index (χ0n) is 11.1. The number of esters is 1. The van der Waals surface area contributed by atoms with Gasteiger partial charge >= 0.3 is 5.97 Å². The monoisotopic (exact) mass is 290 g/mol. The Balaban J connectivity index is 2.35. The summed E-state index contributed by atoms with van der Waals surface area (Å²) in [6.07, 6.45) is 0. The quantitative estimate of drug-likeness (QED) is 0.872. The minimum atomic E-state index is -0.494. The van der Waals surface area contributed by atoms with Crippen LogP contribution in [0.25, 0.3) is 0 Å². The summed E-state index contributed by atoms with van der Waals surface area (Å²) in [4.78, 5) is 16.6.